The van der Waals surface area contributed by atoms with E-state index in [1.165, 1.54) is 302 Å². The fourth-order valence-corrected chi connectivity index (χ4v) is 11.3. The Morgan fingerprint density at radius 2 is 0.538 bits per heavy atom. The molecule has 0 aromatic rings. The number of hydrogen-bond acceptors (Lipinski definition) is 5. The zero-order chi connectivity index (χ0) is 56.6. The van der Waals surface area contributed by atoms with Gasteiger partial charge >= 0.3 is 0 Å². The summed E-state index contributed by atoms with van der Waals surface area (Å²) in [6.45, 7) is 4.09. The molecule has 0 saturated carbocycles. The molecule has 0 rings (SSSR count). The zero-order valence-electron chi connectivity index (χ0n) is 52.7. The minimum Gasteiger partial charge on any atom is -0.394 e. The molecule has 4 atom stereocenters. The van der Waals surface area contributed by atoms with Crippen molar-refractivity contribution in [3.8, 4) is 0 Å². The number of carbonyl (C=O) groups is 1. The predicted octanol–water partition coefficient (Wildman–Crippen LogP) is 21.9. The van der Waals surface area contributed by atoms with Crippen molar-refractivity contribution >= 4 is 5.91 Å². The summed E-state index contributed by atoms with van der Waals surface area (Å²) >= 11 is 0. The van der Waals surface area contributed by atoms with Crippen LogP contribution in [0.25, 0.3) is 0 Å². The van der Waals surface area contributed by atoms with E-state index in [1.807, 2.05) is 0 Å². The van der Waals surface area contributed by atoms with E-state index < -0.39 is 36.9 Å². The van der Waals surface area contributed by atoms with Gasteiger partial charge in [-0.1, -0.05) is 359 Å². The lowest BCUT2D eigenvalue weighted by molar-refractivity contribution is -0.132. The Kier molecular flexibility index (Phi) is 65.1. The van der Waals surface area contributed by atoms with E-state index in [1.54, 1.807) is 0 Å². The van der Waals surface area contributed by atoms with Crippen LogP contribution >= 0.6 is 0 Å². The van der Waals surface area contributed by atoms with Crippen molar-refractivity contribution in [1.29, 1.82) is 0 Å². The lowest BCUT2D eigenvalue weighted by Gasteiger charge is -2.27. The van der Waals surface area contributed by atoms with Gasteiger partial charge in [0, 0.05) is 0 Å². The van der Waals surface area contributed by atoms with Crippen molar-refractivity contribution in [1.82, 2.24) is 5.32 Å². The molecule has 78 heavy (non-hydrogen) atoms. The topological polar surface area (TPSA) is 110 Å². The Hall–Kier alpha value is -1.47. The van der Waals surface area contributed by atoms with E-state index in [0.717, 1.165) is 51.4 Å². The molecule has 0 fully saturated rings. The Balaban J connectivity index is 3.59. The molecule has 4 unspecified atom stereocenters. The van der Waals surface area contributed by atoms with Crippen LogP contribution < -0.4 is 5.32 Å². The molecule has 0 aromatic heterocycles. The second-order valence-corrected chi connectivity index (χ2v) is 24.6. The SMILES string of the molecule is CCCCCCCCCCCCCCCCCCC/C=C/CC/C=C/CC/C=C/CCCC(O)C(O)C(CO)NC(=O)C(O)CCCCCCCCCCCCCCCCCCCCCCCCCCCCCCCCCC. The Morgan fingerprint density at radius 3 is 0.808 bits per heavy atom. The summed E-state index contributed by atoms with van der Waals surface area (Å²) in [5.74, 6) is -0.592. The van der Waals surface area contributed by atoms with Crippen LogP contribution in [0.4, 0.5) is 0 Å². The molecule has 0 aliphatic rings. The van der Waals surface area contributed by atoms with Crippen LogP contribution in [0, 0.1) is 0 Å². The van der Waals surface area contributed by atoms with E-state index in [-0.39, 0.29) is 0 Å². The van der Waals surface area contributed by atoms with Crippen LogP contribution in [-0.4, -0.2) is 57.3 Å². The third-order valence-corrected chi connectivity index (χ3v) is 16.8. The van der Waals surface area contributed by atoms with E-state index in [4.69, 9.17) is 0 Å². The lowest BCUT2D eigenvalue weighted by Crippen LogP contribution is -2.53. The number of rotatable bonds is 66. The van der Waals surface area contributed by atoms with Crippen LogP contribution in [0.2, 0.25) is 0 Å². The summed E-state index contributed by atoms with van der Waals surface area (Å²) in [5, 5.41) is 44.2. The quantitative estimate of drug-likeness (QED) is 0.0308. The Labute approximate surface area is 487 Å². The largest absolute Gasteiger partial charge is 0.394 e. The van der Waals surface area contributed by atoms with Crippen LogP contribution in [-0.2, 0) is 4.79 Å². The van der Waals surface area contributed by atoms with Gasteiger partial charge in [-0.25, -0.2) is 0 Å². The first-order valence-electron chi connectivity index (χ1n) is 35.4. The van der Waals surface area contributed by atoms with E-state index in [0.29, 0.717) is 19.3 Å². The Bertz CT molecular complexity index is 1230. The fourth-order valence-electron chi connectivity index (χ4n) is 11.3. The first kappa shape index (κ1) is 76.5. The van der Waals surface area contributed by atoms with Crippen LogP contribution in [0.5, 0.6) is 0 Å². The van der Waals surface area contributed by atoms with Gasteiger partial charge in [0.1, 0.15) is 12.2 Å². The van der Waals surface area contributed by atoms with Crippen molar-refractivity contribution in [2.24, 2.45) is 0 Å². The molecule has 0 heterocycles. The summed E-state index contributed by atoms with van der Waals surface area (Å²) in [4.78, 5) is 12.7. The van der Waals surface area contributed by atoms with Gasteiger partial charge in [0.15, 0.2) is 0 Å². The van der Waals surface area contributed by atoms with Crippen LogP contribution in [0.1, 0.15) is 386 Å². The highest BCUT2D eigenvalue weighted by atomic mass is 16.3. The molecule has 0 aliphatic carbocycles. The summed E-state index contributed by atoms with van der Waals surface area (Å²) in [7, 11) is 0. The first-order chi connectivity index (χ1) is 38.5. The fraction of sp³-hybridized carbons (Fsp3) is 0.903. The number of hydrogen-bond donors (Lipinski definition) is 5. The summed E-state index contributed by atoms with van der Waals surface area (Å²) in [6, 6.07) is -1.01. The standard InChI is InChI=1S/C72H139NO5/c1-3-5-7-9-11-13-15-17-19-21-23-25-27-29-31-33-35-36-38-40-42-44-46-48-50-52-54-56-58-60-62-64-66-70(76)72(78)73-68(67-74)71(77)69(75)65-63-61-59-57-55-53-51-49-47-45-43-41-39-37-34-32-30-28-26-24-22-20-18-16-14-12-10-8-6-4-2/h41,43,49,51,57,59,68-71,74-77H,3-40,42,44-48,50,52-56,58,60-67H2,1-2H3,(H,73,78)/b43-41+,51-49+,59-57+. The van der Waals surface area contributed by atoms with E-state index in [9.17, 15) is 25.2 Å². The maximum atomic E-state index is 12.7. The van der Waals surface area contributed by atoms with Gasteiger partial charge in [0.05, 0.1) is 18.8 Å². The van der Waals surface area contributed by atoms with Crippen LogP contribution in [0.15, 0.2) is 36.5 Å². The molecular formula is C72H139NO5. The Morgan fingerprint density at radius 1 is 0.308 bits per heavy atom. The number of nitrogens with one attached hydrogen (secondary N) is 1. The van der Waals surface area contributed by atoms with Crippen molar-refractivity contribution in [3.63, 3.8) is 0 Å². The van der Waals surface area contributed by atoms with Gasteiger partial charge in [-0.2, -0.15) is 0 Å². The summed E-state index contributed by atoms with van der Waals surface area (Å²) < 4.78 is 0. The van der Waals surface area contributed by atoms with Crippen molar-refractivity contribution in [2.75, 3.05) is 6.61 Å². The van der Waals surface area contributed by atoms with Crippen LogP contribution in [0.3, 0.4) is 0 Å². The molecular weight excluding hydrogens is 959 g/mol. The van der Waals surface area contributed by atoms with E-state index in [2.05, 4.69) is 55.6 Å². The molecule has 0 aromatic carbocycles. The number of allylic oxidation sites excluding steroid dienone is 6. The highest BCUT2D eigenvalue weighted by molar-refractivity contribution is 5.80. The third kappa shape index (κ3) is 59.2. The summed E-state index contributed by atoms with van der Waals surface area (Å²) in [6.07, 6.45) is 85.7. The molecule has 0 bridgehead atoms. The number of amides is 1. The predicted molar refractivity (Wildman–Crippen MR) is 344 cm³/mol. The van der Waals surface area contributed by atoms with Gasteiger partial charge in [-0.15, -0.1) is 0 Å². The maximum Gasteiger partial charge on any atom is 0.249 e. The van der Waals surface area contributed by atoms with Gasteiger partial charge in [0.25, 0.3) is 0 Å². The second kappa shape index (κ2) is 66.3. The molecule has 6 heteroatoms. The van der Waals surface area contributed by atoms with Gasteiger partial charge < -0.3 is 25.7 Å². The summed E-state index contributed by atoms with van der Waals surface area (Å²) in [5.41, 5.74) is 0. The number of aliphatic hydroxyl groups is 4. The van der Waals surface area contributed by atoms with Crippen molar-refractivity contribution < 1.29 is 25.2 Å². The van der Waals surface area contributed by atoms with Gasteiger partial charge in [-0.05, 0) is 64.2 Å². The minimum atomic E-state index is -1.29. The highest BCUT2D eigenvalue weighted by Gasteiger charge is 2.28. The lowest BCUT2D eigenvalue weighted by atomic mass is 10.00. The average molecular weight is 1100 g/mol. The highest BCUT2D eigenvalue weighted by Crippen LogP contribution is 2.19. The minimum absolute atomic E-state index is 0.362. The molecule has 0 radical (unpaired) electrons. The molecule has 0 saturated heterocycles. The monoisotopic (exact) mass is 1100 g/mol. The molecule has 5 N–H and O–H groups in total. The maximum absolute atomic E-state index is 12.7. The van der Waals surface area contributed by atoms with Gasteiger partial charge in [0.2, 0.25) is 5.91 Å². The average Bonchev–Trinajstić information content (AvgIpc) is 3.45. The molecule has 0 spiro atoms. The number of unbranched alkanes of at least 4 members (excludes halogenated alkanes) is 51. The molecule has 462 valence electrons. The molecule has 1 amide bonds. The number of aliphatic hydroxyl groups excluding tert-OH is 4. The van der Waals surface area contributed by atoms with E-state index >= 15 is 0 Å². The third-order valence-electron chi connectivity index (χ3n) is 16.8. The van der Waals surface area contributed by atoms with Crippen molar-refractivity contribution in [3.05, 3.63) is 36.5 Å². The molecule has 0 aliphatic heterocycles. The van der Waals surface area contributed by atoms with Crippen molar-refractivity contribution in [2.45, 2.75) is 411 Å². The first-order valence-corrected chi connectivity index (χ1v) is 35.4. The molecule has 6 nitrogen and oxygen atoms in total. The van der Waals surface area contributed by atoms with Gasteiger partial charge in [-0.3, -0.25) is 4.79 Å². The zero-order valence-corrected chi connectivity index (χ0v) is 52.7. The smallest absolute Gasteiger partial charge is 0.249 e. The second-order valence-electron chi connectivity index (χ2n) is 24.6. The normalized spacial score (nSPS) is 13.7. The number of carbonyl (C=O) groups excluding carboxylic acids is 1.